The number of pyridine rings is 1. The molecule has 2 aromatic heterocycles. The van der Waals surface area contributed by atoms with E-state index in [4.69, 9.17) is 0 Å². The molecule has 0 spiro atoms. The van der Waals surface area contributed by atoms with E-state index >= 15 is 0 Å². The first-order chi connectivity index (χ1) is 21.3. The molecule has 0 unspecified atom stereocenters. The van der Waals surface area contributed by atoms with Crippen LogP contribution in [0.4, 0.5) is 0 Å². The van der Waals surface area contributed by atoms with Gasteiger partial charge >= 0.3 is 0 Å². The average molecular weight is 564 g/mol. The van der Waals surface area contributed by atoms with Crippen molar-refractivity contribution in [3.8, 4) is 66.8 Å². The first-order valence-corrected chi connectivity index (χ1v) is 15.4. The zero-order valence-corrected chi connectivity index (χ0v) is 24.1. The molecule has 0 aliphatic heterocycles. The molecule has 0 N–H and O–H groups in total. The highest BCUT2D eigenvalue weighted by atomic mass is 32.1. The molecule has 0 fully saturated rings. The Morgan fingerprint density at radius 1 is 0.372 bits per heavy atom. The lowest BCUT2D eigenvalue weighted by atomic mass is 9.80. The number of nitrogens with zero attached hydrogens (tertiary/aromatic N) is 1. The van der Waals surface area contributed by atoms with E-state index in [9.17, 15) is 0 Å². The Kier molecular flexibility index (Phi) is 5.44. The standard InChI is InChI=1S/C41H25NS/c1-2-12-31-30(11-1)32-13-3-4-15-34(32)36-20-19-27(24-39(36)35-16-6-5-14-33(31)35)26-9-7-10-28(23-26)29-17-8-18-38-37-21-22-42-25-40(37)43-41(29)38/h1-25H. The highest BCUT2D eigenvalue weighted by molar-refractivity contribution is 7.26. The quantitative estimate of drug-likeness (QED) is 0.204. The van der Waals surface area contributed by atoms with Gasteiger partial charge in [0.25, 0.3) is 0 Å². The molecule has 1 aliphatic carbocycles. The monoisotopic (exact) mass is 563 g/mol. The summed E-state index contributed by atoms with van der Waals surface area (Å²) >= 11 is 1.83. The normalized spacial score (nSPS) is 11.7. The van der Waals surface area contributed by atoms with Crippen LogP contribution >= 0.6 is 11.3 Å². The van der Waals surface area contributed by atoms with Crippen LogP contribution in [0.1, 0.15) is 0 Å². The van der Waals surface area contributed by atoms with E-state index < -0.39 is 0 Å². The van der Waals surface area contributed by atoms with Gasteiger partial charge in [-0.15, -0.1) is 11.3 Å². The minimum atomic E-state index is 1.22. The predicted octanol–water partition coefficient (Wildman–Crippen LogP) is 11.8. The van der Waals surface area contributed by atoms with Gasteiger partial charge in [0.2, 0.25) is 0 Å². The Balaban J connectivity index is 1.25. The molecule has 0 radical (unpaired) electrons. The lowest BCUT2D eigenvalue weighted by Crippen LogP contribution is -1.97. The maximum atomic E-state index is 4.37. The zero-order valence-electron chi connectivity index (χ0n) is 23.3. The maximum absolute atomic E-state index is 4.37. The van der Waals surface area contributed by atoms with E-state index in [1.54, 1.807) is 0 Å². The van der Waals surface area contributed by atoms with Gasteiger partial charge < -0.3 is 0 Å². The Morgan fingerprint density at radius 2 is 0.907 bits per heavy atom. The molecule has 43 heavy (non-hydrogen) atoms. The lowest BCUT2D eigenvalue weighted by Gasteiger charge is -2.23. The van der Waals surface area contributed by atoms with Crippen LogP contribution in [0.15, 0.2) is 152 Å². The smallest absolute Gasteiger partial charge is 0.0538 e. The average Bonchev–Trinajstić information content (AvgIpc) is 3.47. The van der Waals surface area contributed by atoms with Crippen LogP contribution in [0.5, 0.6) is 0 Å². The maximum Gasteiger partial charge on any atom is 0.0538 e. The van der Waals surface area contributed by atoms with E-state index in [-0.39, 0.29) is 0 Å². The molecular formula is C41H25NS. The number of hydrogen-bond acceptors (Lipinski definition) is 2. The van der Waals surface area contributed by atoms with Crippen molar-refractivity contribution in [2.24, 2.45) is 0 Å². The van der Waals surface area contributed by atoms with Crippen LogP contribution in [0.2, 0.25) is 0 Å². The first-order valence-electron chi connectivity index (χ1n) is 14.6. The molecule has 8 aromatic rings. The number of thiophene rings is 1. The molecule has 0 saturated heterocycles. The van der Waals surface area contributed by atoms with Gasteiger partial charge in [-0.1, -0.05) is 121 Å². The van der Waals surface area contributed by atoms with Gasteiger partial charge in [-0.3, -0.25) is 4.98 Å². The number of hydrogen-bond donors (Lipinski definition) is 0. The fraction of sp³-hybridized carbons (Fsp3) is 0. The zero-order chi connectivity index (χ0) is 28.3. The van der Waals surface area contributed by atoms with Crippen molar-refractivity contribution < 1.29 is 0 Å². The Labute approximate surface area is 254 Å². The molecule has 0 saturated carbocycles. The van der Waals surface area contributed by atoms with Gasteiger partial charge in [-0.05, 0) is 85.0 Å². The van der Waals surface area contributed by atoms with Crippen molar-refractivity contribution in [2.45, 2.75) is 0 Å². The van der Waals surface area contributed by atoms with E-state index in [0.29, 0.717) is 0 Å². The van der Waals surface area contributed by atoms with Crippen molar-refractivity contribution in [3.05, 3.63) is 152 Å². The fourth-order valence-corrected chi connectivity index (χ4v) is 7.99. The van der Waals surface area contributed by atoms with Gasteiger partial charge in [0, 0.05) is 27.9 Å². The summed E-state index contributed by atoms with van der Waals surface area (Å²) in [5, 5.41) is 2.57. The van der Waals surface area contributed by atoms with Crippen molar-refractivity contribution >= 4 is 31.5 Å². The number of fused-ring (bicyclic) bond motifs is 11. The lowest BCUT2D eigenvalue weighted by molar-refractivity contribution is 1.37. The van der Waals surface area contributed by atoms with Crippen molar-refractivity contribution in [2.75, 3.05) is 0 Å². The van der Waals surface area contributed by atoms with E-state index in [2.05, 4.69) is 145 Å². The number of benzene rings is 6. The van der Waals surface area contributed by atoms with Crippen LogP contribution in [0, 0.1) is 0 Å². The second-order valence-electron chi connectivity index (χ2n) is 11.1. The molecule has 200 valence electrons. The third-order valence-electron chi connectivity index (χ3n) is 8.77. The predicted molar refractivity (Wildman–Crippen MR) is 183 cm³/mol. The molecule has 0 amide bonds. The molecule has 1 nitrogen and oxygen atoms in total. The Hall–Kier alpha value is -5.31. The summed E-state index contributed by atoms with van der Waals surface area (Å²) < 4.78 is 2.54. The van der Waals surface area contributed by atoms with Gasteiger partial charge in [0.1, 0.15) is 0 Å². The molecule has 6 aromatic carbocycles. The topological polar surface area (TPSA) is 12.9 Å². The third-order valence-corrected chi connectivity index (χ3v) is 9.96. The molecule has 0 atom stereocenters. The second-order valence-corrected chi connectivity index (χ2v) is 12.2. The third kappa shape index (κ3) is 3.81. The summed E-state index contributed by atoms with van der Waals surface area (Å²) in [6.07, 6.45) is 3.86. The molecule has 9 rings (SSSR count). The van der Waals surface area contributed by atoms with Crippen LogP contribution in [-0.2, 0) is 0 Å². The Bertz CT molecular complexity index is 2350. The van der Waals surface area contributed by atoms with Gasteiger partial charge in [0.15, 0.2) is 0 Å². The van der Waals surface area contributed by atoms with Crippen LogP contribution in [0.3, 0.4) is 0 Å². The molecule has 2 heterocycles. The molecule has 1 aliphatic rings. The first kappa shape index (κ1) is 24.3. The van der Waals surface area contributed by atoms with E-state index in [1.165, 1.54) is 86.9 Å². The van der Waals surface area contributed by atoms with E-state index in [0.717, 1.165) is 0 Å². The molecule has 0 bridgehead atoms. The second kappa shape index (κ2) is 9.62. The van der Waals surface area contributed by atoms with Gasteiger partial charge in [-0.25, -0.2) is 0 Å². The van der Waals surface area contributed by atoms with Crippen LogP contribution in [0.25, 0.3) is 86.9 Å². The van der Waals surface area contributed by atoms with Crippen molar-refractivity contribution in [1.29, 1.82) is 0 Å². The van der Waals surface area contributed by atoms with Crippen molar-refractivity contribution in [3.63, 3.8) is 0 Å². The van der Waals surface area contributed by atoms with Gasteiger partial charge in [0.05, 0.1) is 4.70 Å². The minimum Gasteiger partial charge on any atom is -0.263 e. The fourth-order valence-electron chi connectivity index (χ4n) is 6.79. The van der Waals surface area contributed by atoms with E-state index in [1.807, 2.05) is 23.7 Å². The summed E-state index contributed by atoms with van der Waals surface area (Å²) in [5.74, 6) is 0. The minimum absolute atomic E-state index is 1.22. The summed E-state index contributed by atoms with van der Waals surface area (Å²) in [7, 11) is 0. The van der Waals surface area contributed by atoms with Crippen LogP contribution < -0.4 is 0 Å². The van der Waals surface area contributed by atoms with Crippen molar-refractivity contribution in [1.82, 2.24) is 4.98 Å². The summed E-state index contributed by atoms with van der Waals surface area (Å²) in [6.45, 7) is 0. The Morgan fingerprint density at radius 3 is 1.58 bits per heavy atom. The summed E-state index contributed by atoms with van der Waals surface area (Å²) in [4.78, 5) is 4.37. The summed E-state index contributed by atoms with van der Waals surface area (Å²) in [6, 6.07) is 51.3. The number of aromatic nitrogens is 1. The highest BCUT2D eigenvalue weighted by Gasteiger charge is 2.22. The molecule has 2 heteroatoms. The SMILES string of the molecule is c1cc(-c2ccc3c(c2)-c2ccccc2-c2ccccc2-c2ccccc2-3)cc(-c2cccc3c2sc2cnccc23)c1. The van der Waals surface area contributed by atoms with Crippen LogP contribution in [-0.4, -0.2) is 4.98 Å². The number of rotatable bonds is 2. The molecular weight excluding hydrogens is 539 g/mol. The highest BCUT2D eigenvalue weighted by Crippen LogP contribution is 2.48. The summed E-state index contributed by atoms with van der Waals surface area (Å²) in [5.41, 5.74) is 15.1. The largest absolute Gasteiger partial charge is 0.263 e. The van der Waals surface area contributed by atoms with Gasteiger partial charge in [-0.2, -0.15) is 0 Å².